The molecule has 22 heavy (non-hydrogen) atoms. The zero-order valence-electron chi connectivity index (χ0n) is 11.5. The maximum atomic E-state index is 5.99. The molecule has 0 spiro atoms. The Labute approximate surface area is 131 Å². The SMILES string of the molecule is Clc1cccc(COc2nn3cnnc3c3ccccc23)c1. The van der Waals surface area contributed by atoms with Crippen molar-refractivity contribution in [3.05, 3.63) is 65.4 Å². The van der Waals surface area contributed by atoms with Crippen molar-refractivity contribution >= 4 is 28.0 Å². The summed E-state index contributed by atoms with van der Waals surface area (Å²) in [6.45, 7) is 0.394. The molecule has 0 aliphatic carbocycles. The van der Waals surface area contributed by atoms with Crippen molar-refractivity contribution in [3.63, 3.8) is 0 Å². The first-order valence-corrected chi connectivity index (χ1v) is 7.15. The molecule has 0 fully saturated rings. The summed E-state index contributed by atoms with van der Waals surface area (Å²) in [6.07, 6.45) is 1.56. The minimum absolute atomic E-state index is 0.394. The molecule has 0 amide bonds. The van der Waals surface area contributed by atoms with Gasteiger partial charge in [-0.05, 0) is 23.8 Å². The number of rotatable bonds is 3. The number of fused-ring (bicyclic) bond motifs is 3. The lowest BCUT2D eigenvalue weighted by atomic mass is 10.2. The Balaban J connectivity index is 1.76. The monoisotopic (exact) mass is 310 g/mol. The average Bonchev–Trinajstić information content (AvgIpc) is 3.01. The highest BCUT2D eigenvalue weighted by Crippen LogP contribution is 2.26. The Morgan fingerprint density at radius 3 is 2.77 bits per heavy atom. The second-order valence-corrected chi connectivity index (χ2v) is 5.30. The molecular formula is C16H11ClN4O. The summed E-state index contributed by atoms with van der Waals surface area (Å²) in [4.78, 5) is 0. The molecule has 0 unspecified atom stereocenters. The van der Waals surface area contributed by atoms with Crippen LogP contribution in [0.25, 0.3) is 16.4 Å². The fourth-order valence-corrected chi connectivity index (χ4v) is 2.59. The summed E-state index contributed by atoms with van der Waals surface area (Å²) in [6, 6.07) is 15.4. The summed E-state index contributed by atoms with van der Waals surface area (Å²) >= 11 is 5.99. The molecule has 0 atom stereocenters. The van der Waals surface area contributed by atoms with Gasteiger partial charge in [0.05, 0.1) is 0 Å². The van der Waals surface area contributed by atoms with Gasteiger partial charge in [-0.25, -0.2) is 0 Å². The fourth-order valence-electron chi connectivity index (χ4n) is 2.38. The van der Waals surface area contributed by atoms with E-state index in [4.69, 9.17) is 16.3 Å². The van der Waals surface area contributed by atoms with Crippen molar-refractivity contribution in [1.29, 1.82) is 0 Å². The van der Waals surface area contributed by atoms with E-state index in [1.807, 2.05) is 48.5 Å². The van der Waals surface area contributed by atoms with Crippen molar-refractivity contribution in [1.82, 2.24) is 19.8 Å². The van der Waals surface area contributed by atoms with Gasteiger partial charge in [0.2, 0.25) is 5.88 Å². The van der Waals surface area contributed by atoms with E-state index in [1.165, 1.54) is 0 Å². The van der Waals surface area contributed by atoms with Crippen LogP contribution in [0, 0.1) is 0 Å². The Hall–Kier alpha value is -2.66. The second-order valence-electron chi connectivity index (χ2n) is 4.87. The quantitative estimate of drug-likeness (QED) is 0.581. The lowest BCUT2D eigenvalue weighted by Gasteiger charge is -2.09. The highest BCUT2D eigenvalue weighted by Gasteiger charge is 2.10. The molecule has 6 heteroatoms. The van der Waals surface area contributed by atoms with Gasteiger partial charge in [0.25, 0.3) is 0 Å². The lowest BCUT2D eigenvalue weighted by molar-refractivity contribution is 0.293. The van der Waals surface area contributed by atoms with E-state index in [0.29, 0.717) is 23.2 Å². The van der Waals surface area contributed by atoms with Crippen LogP contribution in [0.4, 0.5) is 0 Å². The molecule has 0 bridgehead atoms. The number of aromatic nitrogens is 4. The maximum absolute atomic E-state index is 5.99. The zero-order chi connectivity index (χ0) is 14.9. The molecule has 2 aromatic heterocycles. The van der Waals surface area contributed by atoms with Crippen LogP contribution >= 0.6 is 11.6 Å². The third kappa shape index (κ3) is 2.25. The summed E-state index contributed by atoms with van der Waals surface area (Å²) in [5, 5.41) is 15.0. The first-order valence-electron chi connectivity index (χ1n) is 6.77. The van der Waals surface area contributed by atoms with E-state index in [9.17, 15) is 0 Å². The van der Waals surface area contributed by atoms with Crippen molar-refractivity contribution in [2.24, 2.45) is 0 Å². The summed E-state index contributed by atoms with van der Waals surface area (Å²) < 4.78 is 7.51. The molecular weight excluding hydrogens is 300 g/mol. The number of hydrogen-bond donors (Lipinski definition) is 0. The summed E-state index contributed by atoms with van der Waals surface area (Å²) in [5.74, 6) is 0.544. The summed E-state index contributed by atoms with van der Waals surface area (Å²) in [5.41, 5.74) is 1.70. The first-order chi connectivity index (χ1) is 10.8. The minimum Gasteiger partial charge on any atom is -0.471 e. The summed E-state index contributed by atoms with van der Waals surface area (Å²) in [7, 11) is 0. The highest BCUT2D eigenvalue weighted by atomic mass is 35.5. The predicted octanol–water partition coefficient (Wildman–Crippen LogP) is 3.51. The van der Waals surface area contributed by atoms with Crippen LogP contribution in [-0.2, 0) is 6.61 Å². The molecule has 4 aromatic rings. The standard InChI is InChI=1S/C16H11ClN4O/c17-12-5-3-4-11(8-12)9-22-16-14-7-2-1-6-13(14)15-19-18-10-21(15)20-16/h1-8,10H,9H2. The van der Waals surface area contributed by atoms with Crippen LogP contribution in [0.1, 0.15) is 5.56 Å². The first kappa shape index (κ1) is 13.0. The third-order valence-electron chi connectivity index (χ3n) is 3.39. The van der Waals surface area contributed by atoms with E-state index < -0.39 is 0 Å². The lowest BCUT2D eigenvalue weighted by Crippen LogP contribution is -2.02. The Morgan fingerprint density at radius 2 is 1.91 bits per heavy atom. The van der Waals surface area contributed by atoms with Crippen LogP contribution < -0.4 is 4.74 Å². The predicted molar refractivity (Wildman–Crippen MR) is 84.1 cm³/mol. The molecule has 2 heterocycles. The van der Waals surface area contributed by atoms with Gasteiger partial charge >= 0.3 is 0 Å². The van der Waals surface area contributed by atoms with Crippen LogP contribution in [0.3, 0.4) is 0 Å². The van der Waals surface area contributed by atoms with Crippen molar-refractivity contribution in [3.8, 4) is 5.88 Å². The molecule has 5 nitrogen and oxygen atoms in total. The van der Waals surface area contributed by atoms with Gasteiger partial charge in [-0.3, -0.25) is 0 Å². The van der Waals surface area contributed by atoms with Gasteiger partial charge in [0, 0.05) is 15.8 Å². The highest BCUT2D eigenvalue weighted by molar-refractivity contribution is 6.30. The maximum Gasteiger partial charge on any atom is 0.240 e. The molecule has 4 rings (SSSR count). The van der Waals surface area contributed by atoms with Gasteiger partial charge in [-0.2, -0.15) is 4.52 Å². The number of halogens is 1. The van der Waals surface area contributed by atoms with E-state index >= 15 is 0 Å². The normalized spacial score (nSPS) is 11.1. The van der Waals surface area contributed by atoms with Gasteiger partial charge in [0.1, 0.15) is 12.9 Å². The van der Waals surface area contributed by atoms with Gasteiger partial charge in [-0.15, -0.1) is 15.3 Å². The molecule has 0 saturated carbocycles. The van der Waals surface area contributed by atoms with Crippen LogP contribution in [0.2, 0.25) is 5.02 Å². The number of ether oxygens (including phenoxy) is 1. The molecule has 0 N–H and O–H groups in total. The Kier molecular flexibility index (Phi) is 3.12. The Bertz CT molecular complexity index is 967. The molecule has 2 aromatic carbocycles. The van der Waals surface area contributed by atoms with Crippen molar-refractivity contribution in [2.45, 2.75) is 6.61 Å². The zero-order valence-corrected chi connectivity index (χ0v) is 12.2. The second kappa shape index (κ2) is 5.27. The van der Waals surface area contributed by atoms with Gasteiger partial charge in [-0.1, -0.05) is 41.9 Å². The van der Waals surface area contributed by atoms with E-state index in [0.717, 1.165) is 16.3 Å². The molecule has 0 aliphatic rings. The van der Waals surface area contributed by atoms with Gasteiger partial charge < -0.3 is 4.74 Å². The number of nitrogens with zero attached hydrogens (tertiary/aromatic N) is 4. The molecule has 0 aliphatic heterocycles. The smallest absolute Gasteiger partial charge is 0.240 e. The average molecular weight is 311 g/mol. The van der Waals surface area contributed by atoms with Crippen molar-refractivity contribution in [2.75, 3.05) is 0 Å². The number of benzene rings is 2. The third-order valence-corrected chi connectivity index (χ3v) is 3.63. The topological polar surface area (TPSA) is 52.3 Å². The van der Waals surface area contributed by atoms with E-state index in [2.05, 4.69) is 15.3 Å². The van der Waals surface area contributed by atoms with Crippen LogP contribution in [0.5, 0.6) is 5.88 Å². The van der Waals surface area contributed by atoms with Gasteiger partial charge in [0.15, 0.2) is 5.65 Å². The van der Waals surface area contributed by atoms with Crippen molar-refractivity contribution < 1.29 is 4.74 Å². The number of hydrogen-bond acceptors (Lipinski definition) is 4. The molecule has 108 valence electrons. The Morgan fingerprint density at radius 1 is 1.05 bits per heavy atom. The largest absolute Gasteiger partial charge is 0.471 e. The van der Waals surface area contributed by atoms with Crippen LogP contribution in [0.15, 0.2) is 54.9 Å². The fraction of sp³-hybridized carbons (Fsp3) is 0.0625. The van der Waals surface area contributed by atoms with Crippen LogP contribution in [-0.4, -0.2) is 19.8 Å². The molecule has 0 saturated heterocycles. The minimum atomic E-state index is 0.394. The van der Waals surface area contributed by atoms with E-state index in [1.54, 1.807) is 10.8 Å². The molecule has 0 radical (unpaired) electrons. The van der Waals surface area contributed by atoms with E-state index in [-0.39, 0.29) is 0 Å².